The van der Waals surface area contributed by atoms with Gasteiger partial charge < -0.3 is 75.2 Å². The fourth-order valence-corrected chi connectivity index (χ4v) is 15.6. The Morgan fingerprint density at radius 2 is 0.809 bits per heavy atom. The number of nitrogens with one attached hydrogen (secondary N) is 2. The molecule has 11 aromatic carbocycles. The maximum Gasteiger partial charge on any atom is 0.346 e. The highest BCUT2D eigenvalue weighted by Gasteiger charge is 2.31. The third-order valence-corrected chi connectivity index (χ3v) is 21.8. The number of anilines is 4. The summed E-state index contributed by atoms with van der Waals surface area (Å²) in [6.07, 6.45) is 0. The average molecular weight is 1820 g/mol. The van der Waals surface area contributed by atoms with Gasteiger partial charge in [-0.2, -0.15) is 0 Å². The average Bonchev–Trinajstić information content (AvgIpc) is 1.07. The number of hydrogen-bond acceptors (Lipinski definition) is 18. The van der Waals surface area contributed by atoms with Crippen LogP contribution in [-0.4, -0.2) is 96.7 Å². The highest BCUT2D eigenvalue weighted by atomic mass is 35.5. The van der Waals surface area contributed by atoms with Crippen LogP contribution in [0.5, 0.6) is 11.5 Å². The third-order valence-electron chi connectivity index (χ3n) is 21.8. The largest absolute Gasteiger partial charge is 0.508 e. The number of carbonyl (C=O) groups excluding carboxylic acids is 3. The van der Waals surface area contributed by atoms with E-state index in [-0.39, 0.29) is 61.5 Å². The molecule has 21 nitrogen and oxygen atoms in total. The molecule has 0 unspecified atom stereocenters. The summed E-state index contributed by atoms with van der Waals surface area (Å²) in [6.45, 7) is 20.3. The minimum atomic E-state index is -0.970. The zero-order chi connectivity index (χ0) is 90.1. The molecule has 3 aliphatic carbocycles. The Balaban J connectivity index is 0.000000189. The van der Waals surface area contributed by atoms with Crippen molar-refractivity contribution in [2.24, 2.45) is 0 Å². The van der Waals surface area contributed by atoms with E-state index >= 15 is 0 Å². The van der Waals surface area contributed by atoms with Gasteiger partial charge in [0.05, 0.1) is 51.7 Å². The number of halogens is 3. The lowest BCUT2D eigenvalue weighted by molar-refractivity contribution is 0.0441. The van der Waals surface area contributed by atoms with Crippen LogP contribution in [-0.2, 0) is 9.47 Å². The molecule has 4 aliphatic heterocycles. The Morgan fingerprint density at radius 1 is 0.382 bits per heavy atom. The molecule has 0 spiro atoms. The van der Waals surface area contributed by atoms with Crippen molar-refractivity contribution in [3.8, 4) is 101 Å². The number of rotatable bonds is 16. The number of nitrogens with zero attached hydrogens (tertiary/aromatic N) is 3. The molecule has 0 radical (unpaired) electrons. The van der Waals surface area contributed by atoms with Crippen molar-refractivity contribution in [1.29, 1.82) is 10.8 Å². The predicted octanol–water partition coefficient (Wildman–Crippen LogP) is 23.8. The van der Waals surface area contributed by atoms with Gasteiger partial charge in [-0.15, -0.1) is 37.2 Å². The Morgan fingerprint density at radius 3 is 1.30 bits per heavy atom. The summed E-state index contributed by atoms with van der Waals surface area (Å²) in [5, 5.41) is 57.8. The number of carboxylic acid groups (broad SMARTS) is 2. The molecule has 0 aromatic heterocycles. The summed E-state index contributed by atoms with van der Waals surface area (Å²) >= 11 is 0. The normalized spacial score (nSPS) is 10.8. The number of cyclic esters (lactones) is 2. The fraction of sp³-hybridized carbons (Fsp3) is 0.140. The maximum absolute atomic E-state index is 13.5. The molecule has 0 saturated heterocycles. The molecule has 0 atom stereocenters. The minimum Gasteiger partial charge on any atom is -0.508 e. The van der Waals surface area contributed by atoms with Gasteiger partial charge in [-0.3, -0.25) is 0 Å². The van der Waals surface area contributed by atoms with E-state index in [0.717, 1.165) is 150 Å². The van der Waals surface area contributed by atoms with E-state index in [1.165, 1.54) is 13.2 Å². The number of aromatic carboxylic acids is 2. The van der Waals surface area contributed by atoms with Crippen LogP contribution < -0.4 is 41.9 Å². The Labute approximate surface area is 777 Å². The summed E-state index contributed by atoms with van der Waals surface area (Å²) < 4.78 is 30.6. The molecule has 7 aliphatic rings. The van der Waals surface area contributed by atoms with Gasteiger partial charge in [0.15, 0.2) is 0 Å². The van der Waals surface area contributed by atoms with E-state index in [4.69, 9.17) is 45.4 Å². The second-order valence-electron chi connectivity index (χ2n) is 29.7. The summed E-state index contributed by atoms with van der Waals surface area (Å²) in [4.78, 5) is 63.4. The lowest BCUT2D eigenvalue weighted by Gasteiger charge is -2.22. The molecule has 131 heavy (non-hydrogen) atoms. The molecule has 4 heterocycles. The third kappa shape index (κ3) is 22.6. The van der Waals surface area contributed by atoms with E-state index in [0.29, 0.717) is 78.3 Å². The number of nitrogen functional groups attached to an aromatic ring is 2. The van der Waals surface area contributed by atoms with Crippen LogP contribution in [0.15, 0.2) is 317 Å². The molecule has 0 bridgehead atoms. The van der Waals surface area contributed by atoms with E-state index in [1.54, 1.807) is 109 Å². The van der Waals surface area contributed by atoms with Crippen LogP contribution in [0.3, 0.4) is 0 Å². The molecule has 0 saturated carbocycles. The quantitative estimate of drug-likeness (QED) is 0.0146. The first kappa shape index (κ1) is 99.5. The second kappa shape index (κ2) is 45.4. The van der Waals surface area contributed by atoms with Crippen molar-refractivity contribution >= 4 is 123 Å². The van der Waals surface area contributed by atoms with E-state index in [9.17, 15) is 39.3 Å². The van der Waals surface area contributed by atoms with Gasteiger partial charge in [0, 0.05) is 146 Å². The summed E-state index contributed by atoms with van der Waals surface area (Å²) in [7, 11) is 1.40. The number of phenolic OH excluding ortho intramolecular Hbond substituents is 2. The molecule has 10 N–H and O–H groups in total. The molecule has 11 aromatic rings. The van der Waals surface area contributed by atoms with E-state index in [2.05, 4.69) is 103 Å². The SMILES string of the molecule is C.CCN(CC)c1ccc2c(-c3ccccc3C(=O)O)c3ccc(=[N+](CC)CC)cc-3oc2c1.CCN(CC)c1cccc(O)c1.COC(=O)c1cc(-c2ccccc2)cc(-c2ccccc2)c1-c1c2ccc(=N)cc-2oc2cc(N)ccc12.Cc1ccc2c(-c3ccccc3C(=O)O)c3ccc(=N)cc-3oc2c1.Cl.Cl.Cl.Nc1cccc(O)c1.O=C1OC(=O)c2ccccc21. The Kier molecular flexibility index (Phi) is 34.5. The monoisotopic (exact) mass is 1810 g/mol. The van der Waals surface area contributed by atoms with Crippen LogP contribution >= 0.6 is 37.2 Å². The summed E-state index contributed by atoms with van der Waals surface area (Å²) in [5.41, 5.74) is 30.3. The van der Waals surface area contributed by atoms with Crippen LogP contribution in [0, 0.1) is 17.7 Å². The van der Waals surface area contributed by atoms with Crippen molar-refractivity contribution in [1.82, 2.24) is 4.58 Å². The van der Waals surface area contributed by atoms with E-state index < -0.39 is 29.8 Å². The fourth-order valence-electron chi connectivity index (χ4n) is 15.6. The van der Waals surface area contributed by atoms with Crippen molar-refractivity contribution in [2.75, 3.05) is 67.6 Å². The topological polar surface area (TPSA) is 333 Å². The number of hydrogen-bond donors (Lipinski definition) is 8. The number of aryl methyl sites for hydroxylation is 1. The zero-order valence-corrected chi connectivity index (χ0v) is 75.2. The zero-order valence-electron chi connectivity index (χ0n) is 72.7. The number of esters is 3. The summed E-state index contributed by atoms with van der Waals surface area (Å²) in [5.74, 6) is -1.05. The van der Waals surface area contributed by atoms with Gasteiger partial charge in [0.2, 0.25) is 5.36 Å². The number of carbonyl (C=O) groups is 5. The Bertz CT molecular complexity index is 7000. The standard InChI is InChI=1S/C33H24N2O3.C28H30N2O3.C21H15NO3.C10H15NO.C8H4O3.C6H7NO.CH4.3ClH/c1-37-33(36)28-17-22(20-8-4-2-5-9-20)16-27(21-10-6-3-7-11-21)32(28)31-25-14-12-23(34)18-29(25)38-30-19-24(35)13-15-26(30)31;1-5-29(6-2)19-13-15-23-25(17-19)33-26-18-20(30(7-3)8-4)14-16-24(26)27(23)21-11-9-10-12-22(21)28(31)32;1-12-6-8-16-18(10-12)25-19-11-13(22)7-9-17(19)20(16)14-4-2-3-5-15(14)21(23)24;1-3-11(4-2)9-6-5-7-10(12)8-9;9-7-5-3-1-2-4-6(5)8(10)11-7;7-5-2-1-3-6(8)4-5;;;;/h2-19,34H,35H2,1H3;9-18H,5-8H2,1-4H3;2-11,22H,1H3,(H,23,24);5-8,12H,3-4H2,1-2H3;1-4H;1-4,8H,7H2;1H4;3*1H/p+1. The number of phenols is 2. The van der Waals surface area contributed by atoms with Crippen molar-refractivity contribution in [3.05, 3.63) is 353 Å². The molecule has 670 valence electrons. The van der Waals surface area contributed by atoms with Crippen LogP contribution in [0.25, 0.3) is 123 Å². The second-order valence-corrected chi connectivity index (χ2v) is 29.7. The highest BCUT2D eigenvalue weighted by Crippen LogP contribution is 2.49. The molecule has 24 heteroatoms. The first-order valence-electron chi connectivity index (χ1n) is 41.6. The van der Waals surface area contributed by atoms with Crippen molar-refractivity contribution in [3.63, 3.8) is 0 Å². The number of fused-ring (bicyclic) bond motifs is 7. The number of carboxylic acids is 2. The predicted molar refractivity (Wildman–Crippen MR) is 531 cm³/mol. The minimum absolute atomic E-state index is 0. The molecule has 0 fully saturated rings. The van der Waals surface area contributed by atoms with Gasteiger partial charge in [0.1, 0.15) is 58.6 Å². The summed E-state index contributed by atoms with van der Waals surface area (Å²) in [6, 6.07) is 92.7. The first-order valence-corrected chi connectivity index (χ1v) is 41.6. The van der Waals surface area contributed by atoms with Gasteiger partial charge in [0.25, 0.3) is 0 Å². The van der Waals surface area contributed by atoms with E-state index in [1.807, 2.05) is 153 Å². The van der Waals surface area contributed by atoms with Gasteiger partial charge in [-0.1, -0.05) is 141 Å². The molecule has 0 amide bonds. The smallest absolute Gasteiger partial charge is 0.346 e. The van der Waals surface area contributed by atoms with Gasteiger partial charge in [-0.05, 0) is 209 Å². The lowest BCUT2D eigenvalue weighted by Crippen LogP contribution is -2.29. The van der Waals surface area contributed by atoms with Crippen LogP contribution in [0.2, 0.25) is 0 Å². The number of nitrogens with two attached hydrogens (primary N) is 2. The lowest BCUT2D eigenvalue weighted by atomic mass is 9.83. The van der Waals surface area contributed by atoms with Crippen LogP contribution in [0.4, 0.5) is 22.7 Å². The van der Waals surface area contributed by atoms with Crippen molar-refractivity contribution in [2.45, 2.75) is 55.9 Å². The molecule has 18 rings (SSSR count). The Hall–Kier alpha value is -15.3. The number of aromatic hydroxyl groups is 2. The van der Waals surface area contributed by atoms with Gasteiger partial charge >= 0.3 is 29.8 Å². The number of methoxy groups -OCH3 is 1. The van der Waals surface area contributed by atoms with Gasteiger partial charge in [-0.25, -0.2) is 28.5 Å². The maximum atomic E-state index is 13.5. The molecular weight excluding hydrogens is 1710 g/mol. The molecular formula is C107H103Cl3N7O14+. The number of ether oxygens (including phenoxy) is 2. The van der Waals surface area contributed by atoms with Crippen molar-refractivity contribution < 1.29 is 67.1 Å². The highest BCUT2D eigenvalue weighted by molar-refractivity contribution is 6.16. The first-order chi connectivity index (χ1) is 61.4. The number of benzene rings is 14. The van der Waals surface area contributed by atoms with Crippen LogP contribution in [0.1, 0.15) is 106 Å².